The minimum Gasteiger partial charge on any atom is -0.370 e. The van der Waals surface area contributed by atoms with E-state index in [0.717, 1.165) is 26.2 Å². The summed E-state index contributed by atoms with van der Waals surface area (Å²) in [6, 6.07) is 5.10. The predicted octanol–water partition coefficient (Wildman–Crippen LogP) is 1.70. The third-order valence-corrected chi connectivity index (χ3v) is 4.35. The van der Waals surface area contributed by atoms with Crippen LogP contribution in [0.15, 0.2) is 12.1 Å². The van der Waals surface area contributed by atoms with E-state index in [1.165, 1.54) is 6.07 Å². The molecule has 2 unspecified atom stereocenters. The quantitative estimate of drug-likeness (QED) is 0.857. The van der Waals surface area contributed by atoms with Crippen LogP contribution in [0.4, 0.5) is 4.39 Å². The van der Waals surface area contributed by atoms with Gasteiger partial charge in [0.25, 0.3) is 0 Å². The van der Waals surface area contributed by atoms with Crippen molar-refractivity contribution >= 4 is 11.6 Å². The highest BCUT2D eigenvalue weighted by Gasteiger charge is 2.32. The van der Waals surface area contributed by atoms with Gasteiger partial charge >= 0.3 is 0 Å². The summed E-state index contributed by atoms with van der Waals surface area (Å²) in [6.07, 6.45) is -0.204. The number of halogens is 2. The van der Waals surface area contributed by atoms with E-state index >= 15 is 0 Å². The number of hydrogen-bond donors (Lipinski definition) is 1. The molecule has 1 aromatic rings. The number of ether oxygens (including phenoxy) is 1. The van der Waals surface area contributed by atoms with Crippen LogP contribution >= 0.6 is 11.6 Å². The molecule has 2 fully saturated rings. The summed E-state index contributed by atoms with van der Waals surface area (Å²) in [5, 5.41) is 12.5. The molecule has 4 nitrogen and oxygen atoms in total. The first-order valence-corrected chi connectivity index (χ1v) is 7.03. The molecule has 0 amide bonds. The molecule has 2 aliphatic heterocycles. The smallest absolute Gasteiger partial charge is 0.142 e. The average molecular weight is 296 g/mol. The second kappa shape index (κ2) is 5.66. The highest BCUT2D eigenvalue weighted by molar-refractivity contribution is 6.32. The molecule has 2 atom stereocenters. The van der Waals surface area contributed by atoms with Crippen LogP contribution in [0.2, 0.25) is 5.02 Å². The van der Waals surface area contributed by atoms with Gasteiger partial charge in [-0.1, -0.05) is 17.7 Å². The summed E-state index contributed by atoms with van der Waals surface area (Å²) in [6.45, 7) is 4.20. The first-order chi connectivity index (χ1) is 9.70. The minimum atomic E-state index is -0.586. The first-order valence-electron chi connectivity index (χ1n) is 6.65. The number of hydrogen-bond acceptors (Lipinski definition) is 4. The van der Waals surface area contributed by atoms with Gasteiger partial charge in [0, 0.05) is 37.8 Å². The molecule has 0 radical (unpaired) electrons. The number of nitriles is 1. The topological polar surface area (TPSA) is 48.3 Å². The molecular formula is C14H15ClFN3O. The Morgan fingerprint density at radius 3 is 3.15 bits per heavy atom. The van der Waals surface area contributed by atoms with Gasteiger partial charge in [-0.3, -0.25) is 4.90 Å². The van der Waals surface area contributed by atoms with Gasteiger partial charge in [0.2, 0.25) is 0 Å². The van der Waals surface area contributed by atoms with Crippen molar-refractivity contribution < 1.29 is 9.13 Å². The van der Waals surface area contributed by atoms with Crippen molar-refractivity contribution in [3.8, 4) is 6.07 Å². The summed E-state index contributed by atoms with van der Waals surface area (Å²) < 4.78 is 19.4. The Balaban J connectivity index is 1.85. The molecule has 3 rings (SSSR count). The van der Waals surface area contributed by atoms with Crippen LogP contribution in [-0.2, 0) is 4.74 Å². The Morgan fingerprint density at radius 2 is 2.35 bits per heavy atom. The van der Waals surface area contributed by atoms with Crippen LogP contribution in [0.25, 0.3) is 0 Å². The van der Waals surface area contributed by atoms with Gasteiger partial charge in [0.05, 0.1) is 17.7 Å². The molecule has 0 bridgehead atoms. The summed E-state index contributed by atoms with van der Waals surface area (Å²) in [5.41, 5.74) is 0.594. The third-order valence-electron chi connectivity index (χ3n) is 3.94. The van der Waals surface area contributed by atoms with Crippen LogP contribution in [0, 0.1) is 17.1 Å². The second-order valence-corrected chi connectivity index (χ2v) is 5.49. The molecule has 6 heteroatoms. The highest BCUT2D eigenvalue weighted by Crippen LogP contribution is 2.33. The number of benzene rings is 1. The molecule has 1 aromatic carbocycles. The zero-order valence-electron chi connectivity index (χ0n) is 10.9. The van der Waals surface area contributed by atoms with Gasteiger partial charge < -0.3 is 10.1 Å². The monoisotopic (exact) mass is 295 g/mol. The standard InChI is InChI=1S/C14H15ClFN3O/c15-14-10(1-2-12(16)11(14)5-17)13-7-19-4-3-18-6-9(19)8-20-13/h1-2,9,13,18H,3-4,6-8H2. The molecule has 0 aromatic heterocycles. The number of rotatable bonds is 1. The molecule has 1 N–H and O–H groups in total. The molecule has 2 aliphatic rings. The van der Waals surface area contributed by atoms with E-state index in [1.807, 2.05) is 6.07 Å². The van der Waals surface area contributed by atoms with Crippen LogP contribution in [0.1, 0.15) is 17.2 Å². The molecule has 0 saturated carbocycles. The van der Waals surface area contributed by atoms with E-state index in [-0.39, 0.29) is 16.7 Å². The number of fused-ring (bicyclic) bond motifs is 1. The maximum absolute atomic E-state index is 13.5. The summed E-state index contributed by atoms with van der Waals surface area (Å²) in [7, 11) is 0. The molecular weight excluding hydrogens is 281 g/mol. The van der Waals surface area contributed by atoms with Crippen molar-refractivity contribution in [1.82, 2.24) is 10.2 Å². The summed E-state index contributed by atoms with van der Waals surface area (Å²) in [4.78, 5) is 2.36. The molecule has 20 heavy (non-hydrogen) atoms. The van der Waals surface area contributed by atoms with E-state index < -0.39 is 5.82 Å². The molecule has 106 valence electrons. The van der Waals surface area contributed by atoms with E-state index in [0.29, 0.717) is 18.2 Å². The summed E-state index contributed by atoms with van der Waals surface area (Å²) in [5.74, 6) is -0.586. The van der Waals surface area contributed by atoms with Crippen molar-refractivity contribution in [2.75, 3.05) is 32.8 Å². The van der Waals surface area contributed by atoms with Gasteiger partial charge in [0.15, 0.2) is 0 Å². The van der Waals surface area contributed by atoms with Crippen molar-refractivity contribution in [1.29, 1.82) is 5.26 Å². The van der Waals surface area contributed by atoms with E-state index in [9.17, 15) is 4.39 Å². The van der Waals surface area contributed by atoms with Crippen molar-refractivity contribution in [2.45, 2.75) is 12.1 Å². The van der Waals surface area contributed by atoms with E-state index in [1.54, 1.807) is 6.07 Å². The fourth-order valence-corrected chi connectivity index (χ4v) is 3.13. The maximum atomic E-state index is 13.5. The van der Waals surface area contributed by atoms with Crippen molar-refractivity contribution in [2.24, 2.45) is 0 Å². The van der Waals surface area contributed by atoms with Crippen molar-refractivity contribution in [3.05, 3.63) is 34.1 Å². The SMILES string of the molecule is N#Cc1c(F)ccc(C2CN3CCNCC3CO2)c1Cl. The zero-order chi connectivity index (χ0) is 14.1. The number of piperazine rings is 1. The van der Waals surface area contributed by atoms with Gasteiger partial charge in [-0.2, -0.15) is 5.26 Å². The number of nitrogens with zero attached hydrogens (tertiary/aromatic N) is 2. The van der Waals surface area contributed by atoms with E-state index in [2.05, 4.69) is 10.2 Å². The van der Waals surface area contributed by atoms with Crippen molar-refractivity contribution in [3.63, 3.8) is 0 Å². The van der Waals surface area contributed by atoms with Crippen LogP contribution < -0.4 is 5.32 Å². The first kappa shape index (κ1) is 13.8. The van der Waals surface area contributed by atoms with Gasteiger partial charge in [-0.15, -0.1) is 0 Å². The van der Waals surface area contributed by atoms with Gasteiger partial charge in [-0.25, -0.2) is 4.39 Å². The van der Waals surface area contributed by atoms with Crippen LogP contribution in [0.3, 0.4) is 0 Å². The summed E-state index contributed by atoms with van der Waals surface area (Å²) >= 11 is 6.15. The minimum absolute atomic E-state index is 0.102. The average Bonchev–Trinajstić information content (AvgIpc) is 2.47. The Bertz CT molecular complexity index is 560. The van der Waals surface area contributed by atoms with Gasteiger partial charge in [-0.05, 0) is 6.07 Å². The lowest BCUT2D eigenvalue weighted by Crippen LogP contribution is -2.57. The predicted molar refractivity (Wildman–Crippen MR) is 73.0 cm³/mol. The zero-order valence-corrected chi connectivity index (χ0v) is 11.7. The fraction of sp³-hybridized carbons (Fsp3) is 0.500. The van der Waals surface area contributed by atoms with Gasteiger partial charge in [0.1, 0.15) is 17.4 Å². The molecule has 2 saturated heterocycles. The lowest BCUT2D eigenvalue weighted by molar-refractivity contribution is -0.0717. The Labute approximate surface area is 122 Å². The fourth-order valence-electron chi connectivity index (χ4n) is 2.81. The normalized spacial score (nSPS) is 26.9. The Kier molecular flexibility index (Phi) is 3.90. The van der Waals surface area contributed by atoms with Crippen LogP contribution in [-0.4, -0.2) is 43.7 Å². The maximum Gasteiger partial charge on any atom is 0.142 e. The lowest BCUT2D eigenvalue weighted by Gasteiger charge is -2.42. The molecule has 2 heterocycles. The molecule has 0 aliphatic carbocycles. The number of nitrogens with one attached hydrogen (secondary N) is 1. The van der Waals surface area contributed by atoms with E-state index in [4.69, 9.17) is 21.6 Å². The second-order valence-electron chi connectivity index (χ2n) is 5.11. The Morgan fingerprint density at radius 1 is 1.50 bits per heavy atom. The Hall–Kier alpha value is -1.19. The largest absolute Gasteiger partial charge is 0.370 e. The third kappa shape index (κ3) is 2.40. The highest BCUT2D eigenvalue weighted by atomic mass is 35.5. The van der Waals surface area contributed by atoms with Crippen LogP contribution in [0.5, 0.6) is 0 Å². The molecule has 0 spiro atoms. The number of morpholine rings is 1. The lowest BCUT2D eigenvalue weighted by atomic mass is 10.0.